The summed E-state index contributed by atoms with van der Waals surface area (Å²) in [6.07, 6.45) is 3.74. The maximum Gasteiger partial charge on any atom is 0.146 e. The molecule has 4 rings (SSSR count). The average Bonchev–Trinajstić information content (AvgIpc) is 2.77. The van der Waals surface area contributed by atoms with E-state index in [2.05, 4.69) is 30.0 Å². The molecule has 0 spiro atoms. The first-order valence-electron chi connectivity index (χ1n) is 10.2. The summed E-state index contributed by atoms with van der Waals surface area (Å²) in [6, 6.07) is 16.6. The Hall–Kier alpha value is -2.95. The van der Waals surface area contributed by atoms with Crippen LogP contribution in [-0.4, -0.2) is 31.8 Å². The second kappa shape index (κ2) is 8.60. The number of para-hydroxylation sites is 1. The van der Waals surface area contributed by atoms with Crippen LogP contribution >= 0.6 is 0 Å². The largest absolute Gasteiger partial charge is 0.497 e. The van der Waals surface area contributed by atoms with Crippen molar-refractivity contribution in [1.29, 1.82) is 0 Å². The van der Waals surface area contributed by atoms with Gasteiger partial charge in [-0.25, -0.2) is 4.98 Å². The minimum absolute atomic E-state index is 0.415. The Balaban J connectivity index is 1.61. The van der Waals surface area contributed by atoms with E-state index in [9.17, 15) is 0 Å². The molecular weight excluding hydrogens is 364 g/mol. The third kappa shape index (κ3) is 4.24. The number of benzene rings is 2. The lowest BCUT2D eigenvalue weighted by molar-refractivity contribution is 0.307. The smallest absolute Gasteiger partial charge is 0.146 e. The molecule has 1 fully saturated rings. The number of methoxy groups -OCH3 is 2. The van der Waals surface area contributed by atoms with Crippen molar-refractivity contribution in [2.24, 2.45) is 0 Å². The number of aromatic nitrogens is 1. The molecule has 1 atom stereocenters. The van der Waals surface area contributed by atoms with Gasteiger partial charge < -0.3 is 19.1 Å². The quantitative estimate of drug-likeness (QED) is 0.576. The lowest BCUT2D eigenvalue weighted by Gasteiger charge is -2.34. The first-order valence-corrected chi connectivity index (χ1v) is 10.2. The standard InChI is InChI=1S/C24H28N2O3/c1-17-7-4-5-12-26(17)23-11-10-19-8-6-9-22(24(19)25-23)29-16-18-13-20(27-2)15-21(14-18)28-3/h6,8-11,13-15,17H,4-5,7,12,16H2,1-3H3. The van der Waals surface area contributed by atoms with E-state index >= 15 is 0 Å². The van der Waals surface area contributed by atoms with Crippen LogP contribution < -0.4 is 19.1 Å². The summed E-state index contributed by atoms with van der Waals surface area (Å²) in [5, 5.41) is 1.08. The Morgan fingerprint density at radius 3 is 2.52 bits per heavy atom. The van der Waals surface area contributed by atoms with E-state index in [1.54, 1.807) is 14.2 Å². The predicted molar refractivity (Wildman–Crippen MR) is 116 cm³/mol. The predicted octanol–water partition coefficient (Wildman–Crippen LogP) is 5.21. The average molecular weight is 392 g/mol. The second-order valence-electron chi connectivity index (χ2n) is 7.55. The van der Waals surface area contributed by atoms with E-state index in [1.807, 2.05) is 30.3 Å². The monoisotopic (exact) mass is 392 g/mol. The normalized spacial score (nSPS) is 16.7. The molecule has 0 bridgehead atoms. The Bertz CT molecular complexity index is 967. The van der Waals surface area contributed by atoms with Crippen molar-refractivity contribution >= 4 is 16.7 Å². The van der Waals surface area contributed by atoms with E-state index in [4.69, 9.17) is 19.2 Å². The molecular formula is C24H28N2O3. The fraction of sp³-hybridized carbons (Fsp3) is 0.375. The first kappa shape index (κ1) is 19.4. The van der Waals surface area contributed by atoms with Crippen LogP contribution in [0.2, 0.25) is 0 Å². The lowest BCUT2D eigenvalue weighted by atomic mass is 10.0. The molecule has 1 aromatic heterocycles. The van der Waals surface area contributed by atoms with Gasteiger partial charge in [-0.05, 0) is 62.1 Å². The van der Waals surface area contributed by atoms with Crippen molar-refractivity contribution < 1.29 is 14.2 Å². The van der Waals surface area contributed by atoms with E-state index in [1.165, 1.54) is 19.3 Å². The number of nitrogens with zero attached hydrogens (tertiary/aromatic N) is 2. The highest BCUT2D eigenvalue weighted by molar-refractivity contribution is 5.86. The van der Waals surface area contributed by atoms with Gasteiger partial charge in [-0.15, -0.1) is 0 Å². The van der Waals surface area contributed by atoms with Gasteiger partial charge in [-0.1, -0.05) is 12.1 Å². The molecule has 2 heterocycles. The number of piperidine rings is 1. The zero-order chi connectivity index (χ0) is 20.2. The molecule has 0 radical (unpaired) electrons. The van der Waals surface area contributed by atoms with Crippen LogP contribution in [0.1, 0.15) is 31.7 Å². The number of ether oxygens (including phenoxy) is 3. The second-order valence-corrected chi connectivity index (χ2v) is 7.55. The van der Waals surface area contributed by atoms with Gasteiger partial charge in [0.25, 0.3) is 0 Å². The minimum Gasteiger partial charge on any atom is -0.497 e. The van der Waals surface area contributed by atoms with Gasteiger partial charge in [-0.3, -0.25) is 0 Å². The summed E-state index contributed by atoms with van der Waals surface area (Å²) in [4.78, 5) is 7.39. The number of rotatable bonds is 6. The molecule has 1 aliphatic heterocycles. The topological polar surface area (TPSA) is 43.8 Å². The Morgan fingerprint density at radius 1 is 1.00 bits per heavy atom. The number of fused-ring (bicyclic) bond motifs is 1. The number of hydrogen-bond donors (Lipinski definition) is 0. The van der Waals surface area contributed by atoms with Crippen LogP contribution in [0.15, 0.2) is 48.5 Å². The molecule has 5 nitrogen and oxygen atoms in total. The van der Waals surface area contributed by atoms with Crippen molar-refractivity contribution in [1.82, 2.24) is 4.98 Å². The van der Waals surface area contributed by atoms with E-state index in [0.717, 1.165) is 46.1 Å². The highest BCUT2D eigenvalue weighted by Crippen LogP contribution is 2.30. The van der Waals surface area contributed by atoms with Crippen LogP contribution in [0, 0.1) is 0 Å². The molecule has 5 heteroatoms. The molecule has 2 aromatic carbocycles. The Kier molecular flexibility index (Phi) is 5.74. The van der Waals surface area contributed by atoms with Gasteiger partial charge in [0.2, 0.25) is 0 Å². The zero-order valence-electron chi connectivity index (χ0n) is 17.4. The van der Waals surface area contributed by atoms with Gasteiger partial charge >= 0.3 is 0 Å². The summed E-state index contributed by atoms with van der Waals surface area (Å²) < 4.78 is 16.9. The van der Waals surface area contributed by atoms with Crippen LogP contribution in [0.4, 0.5) is 5.82 Å². The van der Waals surface area contributed by atoms with Gasteiger partial charge in [0.05, 0.1) is 14.2 Å². The highest BCUT2D eigenvalue weighted by Gasteiger charge is 2.20. The van der Waals surface area contributed by atoms with Gasteiger partial charge in [0.15, 0.2) is 0 Å². The Morgan fingerprint density at radius 2 is 1.79 bits per heavy atom. The minimum atomic E-state index is 0.415. The number of hydrogen-bond acceptors (Lipinski definition) is 5. The van der Waals surface area contributed by atoms with Gasteiger partial charge in [-0.2, -0.15) is 0 Å². The fourth-order valence-electron chi connectivity index (χ4n) is 3.94. The molecule has 29 heavy (non-hydrogen) atoms. The summed E-state index contributed by atoms with van der Waals surface area (Å²) in [7, 11) is 3.30. The van der Waals surface area contributed by atoms with Crippen LogP contribution in [0.5, 0.6) is 17.2 Å². The molecule has 0 amide bonds. The maximum absolute atomic E-state index is 6.18. The van der Waals surface area contributed by atoms with Crippen molar-refractivity contribution in [3.8, 4) is 17.2 Å². The van der Waals surface area contributed by atoms with E-state index in [0.29, 0.717) is 12.6 Å². The van der Waals surface area contributed by atoms with Crippen LogP contribution in [0.25, 0.3) is 10.9 Å². The third-order valence-electron chi connectivity index (χ3n) is 5.57. The number of anilines is 1. The van der Waals surface area contributed by atoms with Crippen molar-refractivity contribution in [2.75, 3.05) is 25.7 Å². The van der Waals surface area contributed by atoms with Crippen LogP contribution in [-0.2, 0) is 6.61 Å². The van der Waals surface area contributed by atoms with Crippen LogP contribution in [0.3, 0.4) is 0 Å². The third-order valence-corrected chi connectivity index (χ3v) is 5.57. The molecule has 0 saturated carbocycles. The molecule has 0 aliphatic carbocycles. The SMILES string of the molecule is COc1cc(COc2cccc3ccc(N4CCCCC4C)nc23)cc(OC)c1. The summed E-state index contributed by atoms with van der Waals surface area (Å²) in [5.41, 5.74) is 1.89. The van der Waals surface area contributed by atoms with Crippen molar-refractivity contribution in [3.05, 3.63) is 54.1 Å². The Labute approximate surface area is 172 Å². The molecule has 1 saturated heterocycles. The van der Waals surface area contributed by atoms with Gasteiger partial charge in [0.1, 0.15) is 35.2 Å². The van der Waals surface area contributed by atoms with E-state index < -0.39 is 0 Å². The van der Waals surface area contributed by atoms with Crippen molar-refractivity contribution in [3.63, 3.8) is 0 Å². The first-order chi connectivity index (χ1) is 14.2. The molecule has 1 unspecified atom stereocenters. The highest BCUT2D eigenvalue weighted by atomic mass is 16.5. The number of pyridine rings is 1. The lowest BCUT2D eigenvalue weighted by Crippen LogP contribution is -2.37. The molecule has 0 N–H and O–H groups in total. The fourth-order valence-corrected chi connectivity index (χ4v) is 3.94. The molecule has 152 valence electrons. The zero-order valence-corrected chi connectivity index (χ0v) is 17.4. The summed E-state index contributed by atoms with van der Waals surface area (Å²) in [6.45, 7) is 3.76. The summed E-state index contributed by atoms with van der Waals surface area (Å²) >= 11 is 0. The molecule has 3 aromatic rings. The van der Waals surface area contributed by atoms with Gasteiger partial charge in [0, 0.05) is 24.0 Å². The van der Waals surface area contributed by atoms with E-state index in [-0.39, 0.29) is 0 Å². The van der Waals surface area contributed by atoms with Crippen molar-refractivity contribution in [2.45, 2.75) is 38.8 Å². The summed E-state index contributed by atoms with van der Waals surface area (Å²) in [5.74, 6) is 3.32. The maximum atomic E-state index is 6.18. The molecule has 1 aliphatic rings.